The lowest BCUT2D eigenvalue weighted by molar-refractivity contribution is 0.788. The van der Waals surface area contributed by atoms with Gasteiger partial charge in [-0.1, -0.05) is 48.0 Å². The SMILES string of the molecule is CCN(Cc1ccccc1)c1nc(C)cc(Nc2ccc(C)c(Cl)c2)n1. The number of aryl methyl sites for hydroxylation is 2. The molecule has 2 aromatic carbocycles. The van der Waals surface area contributed by atoms with Crippen molar-refractivity contribution in [2.45, 2.75) is 27.3 Å². The molecule has 0 unspecified atom stereocenters. The van der Waals surface area contributed by atoms with Crippen LogP contribution in [0.25, 0.3) is 0 Å². The number of benzene rings is 2. The molecule has 0 saturated carbocycles. The molecule has 0 bridgehead atoms. The van der Waals surface area contributed by atoms with Crippen molar-refractivity contribution in [2.75, 3.05) is 16.8 Å². The van der Waals surface area contributed by atoms with Crippen LogP contribution in [0.5, 0.6) is 0 Å². The zero-order valence-corrected chi connectivity index (χ0v) is 16.1. The zero-order valence-electron chi connectivity index (χ0n) is 15.3. The van der Waals surface area contributed by atoms with E-state index in [9.17, 15) is 0 Å². The molecule has 0 aliphatic carbocycles. The summed E-state index contributed by atoms with van der Waals surface area (Å²) in [5, 5.41) is 4.07. The van der Waals surface area contributed by atoms with Crippen molar-refractivity contribution in [3.8, 4) is 0 Å². The van der Waals surface area contributed by atoms with Crippen molar-refractivity contribution < 1.29 is 0 Å². The van der Waals surface area contributed by atoms with Gasteiger partial charge in [-0.15, -0.1) is 0 Å². The third-order valence-corrected chi connectivity index (χ3v) is 4.57. The first kappa shape index (κ1) is 18.2. The minimum absolute atomic E-state index is 0.720. The molecule has 0 spiro atoms. The lowest BCUT2D eigenvalue weighted by atomic mass is 10.2. The fraction of sp³-hybridized carbons (Fsp3) is 0.238. The molecule has 134 valence electrons. The van der Waals surface area contributed by atoms with Crippen LogP contribution in [0, 0.1) is 13.8 Å². The number of nitrogens with one attached hydrogen (secondary N) is 1. The van der Waals surface area contributed by atoms with Gasteiger partial charge in [0.05, 0.1) is 0 Å². The Morgan fingerprint density at radius 3 is 2.46 bits per heavy atom. The van der Waals surface area contributed by atoms with Crippen molar-refractivity contribution in [3.63, 3.8) is 0 Å². The Hall–Kier alpha value is -2.59. The highest BCUT2D eigenvalue weighted by atomic mass is 35.5. The van der Waals surface area contributed by atoms with Crippen LogP contribution in [0.1, 0.15) is 23.7 Å². The molecule has 3 aromatic rings. The molecule has 1 N–H and O–H groups in total. The topological polar surface area (TPSA) is 41.1 Å². The third kappa shape index (κ3) is 4.52. The first-order valence-electron chi connectivity index (χ1n) is 8.73. The highest BCUT2D eigenvalue weighted by molar-refractivity contribution is 6.31. The third-order valence-electron chi connectivity index (χ3n) is 4.17. The molecular formula is C21H23ClN4. The summed E-state index contributed by atoms with van der Waals surface area (Å²) < 4.78 is 0. The van der Waals surface area contributed by atoms with Gasteiger partial charge in [-0.2, -0.15) is 4.98 Å². The predicted molar refractivity (Wildman–Crippen MR) is 109 cm³/mol. The number of anilines is 3. The van der Waals surface area contributed by atoms with Crippen molar-refractivity contribution >= 4 is 29.1 Å². The lowest BCUT2D eigenvalue weighted by Crippen LogP contribution is -2.24. The Labute approximate surface area is 159 Å². The van der Waals surface area contributed by atoms with E-state index in [1.165, 1.54) is 5.56 Å². The van der Waals surface area contributed by atoms with Crippen LogP contribution in [0.2, 0.25) is 5.02 Å². The Morgan fingerprint density at radius 2 is 1.77 bits per heavy atom. The lowest BCUT2D eigenvalue weighted by Gasteiger charge is -2.22. The highest BCUT2D eigenvalue weighted by Crippen LogP contribution is 2.24. The molecule has 3 rings (SSSR count). The number of rotatable bonds is 6. The van der Waals surface area contributed by atoms with Crippen LogP contribution >= 0.6 is 11.6 Å². The van der Waals surface area contributed by atoms with Gasteiger partial charge < -0.3 is 10.2 Å². The molecule has 0 radical (unpaired) electrons. The van der Waals surface area contributed by atoms with Gasteiger partial charge in [0.15, 0.2) is 0 Å². The Kier molecular flexibility index (Phi) is 5.74. The van der Waals surface area contributed by atoms with E-state index in [1.54, 1.807) is 0 Å². The monoisotopic (exact) mass is 366 g/mol. The van der Waals surface area contributed by atoms with Crippen LogP contribution in [-0.2, 0) is 6.54 Å². The molecule has 0 aliphatic rings. The summed E-state index contributed by atoms with van der Waals surface area (Å²) in [7, 11) is 0. The van der Waals surface area contributed by atoms with Gasteiger partial charge in [-0.25, -0.2) is 4.98 Å². The maximum Gasteiger partial charge on any atom is 0.227 e. The molecule has 0 fully saturated rings. The maximum atomic E-state index is 6.22. The van der Waals surface area contributed by atoms with Gasteiger partial charge in [-0.05, 0) is 44.0 Å². The molecule has 0 saturated heterocycles. The van der Waals surface area contributed by atoms with E-state index in [-0.39, 0.29) is 0 Å². The van der Waals surface area contributed by atoms with Gasteiger partial charge in [0.25, 0.3) is 0 Å². The first-order valence-corrected chi connectivity index (χ1v) is 9.10. The number of nitrogens with zero attached hydrogens (tertiary/aromatic N) is 3. The molecule has 0 aliphatic heterocycles. The van der Waals surface area contributed by atoms with Crippen LogP contribution in [-0.4, -0.2) is 16.5 Å². The number of hydrogen-bond donors (Lipinski definition) is 1. The fourth-order valence-corrected chi connectivity index (χ4v) is 2.89. The first-order chi connectivity index (χ1) is 12.5. The summed E-state index contributed by atoms with van der Waals surface area (Å²) in [6.07, 6.45) is 0. The summed E-state index contributed by atoms with van der Waals surface area (Å²) in [5.41, 5.74) is 4.12. The minimum Gasteiger partial charge on any atom is -0.340 e. The number of halogens is 1. The molecule has 4 nitrogen and oxygen atoms in total. The van der Waals surface area contributed by atoms with Gasteiger partial charge in [0, 0.05) is 35.6 Å². The number of aromatic nitrogens is 2. The van der Waals surface area contributed by atoms with Gasteiger partial charge in [0.2, 0.25) is 5.95 Å². The van der Waals surface area contributed by atoms with E-state index >= 15 is 0 Å². The average molecular weight is 367 g/mol. The van der Waals surface area contributed by atoms with Gasteiger partial charge in [-0.3, -0.25) is 0 Å². The second-order valence-corrected chi connectivity index (χ2v) is 6.69. The van der Waals surface area contributed by atoms with Gasteiger partial charge in [0.1, 0.15) is 5.82 Å². The summed E-state index contributed by atoms with van der Waals surface area (Å²) in [6, 6.07) is 18.2. The second-order valence-electron chi connectivity index (χ2n) is 6.28. The highest BCUT2D eigenvalue weighted by Gasteiger charge is 2.11. The fourth-order valence-electron chi connectivity index (χ4n) is 2.70. The van der Waals surface area contributed by atoms with Crippen molar-refractivity contribution in [2.24, 2.45) is 0 Å². The zero-order chi connectivity index (χ0) is 18.5. The van der Waals surface area contributed by atoms with E-state index in [0.29, 0.717) is 0 Å². The van der Waals surface area contributed by atoms with Crippen LogP contribution < -0.4 is 10.2 Å². The predicted octanol–water partition coefficient (Wildman–Crippen LogP) is 5.52. The van der Waals surface area contributed by atoms with Crippen molar-refractivity contribution in [1.82, 2.24) is 9.97 Å². The van der Waals surface area contributed by atoms with E-state index in [1.807, 2.05) is 56.3 Å². The molecule has 0 amide bonds. The van der Waals surface area contributed by atoms with Crippen molar-refractivity contribution in [1.29, 1.82) is 0 Å². The summed E-state index contributed by atoms with van der Waals surface area (Å²) in [4.78, 5) is 11.5. The smallest absolute Gasteiger partial charge is 0.227 e. The molecule has 1 aromatic heterocycles. The van der Waals surface area contributed by atoms with Crippen LogP contribution in [0.3, 0.4) is 0 Å². The maximum absolute atomic E-state index is 6.22. The van der Waals surface area contributed by atoms with Gasteiger partial charge >= 0.3 is 0 Å². The second kappa shape index (κ2) is 8.19. The van der Waals surface area contributed by atoms with E-state index < -0.39 is 0 Å². The van der Waals surface area contributed by atoms with Crippen molar-refractivity contribution in [3.05, 3.63) is 76.4 Å². The van der Waals surface area contributed by atoms with E-state index in [4.69, 9.17) is 16.6 Å². The quantitative estimate of drug-likeness (QED) is 0.623. The van der Waals surface area contributed by atoms with Crippen LogP contribution in [0.4, 0.5) is 17.5 Å². The summed E-state index contributed by atoms with van der Waals surface area (Å²) in [5.74, 6) is 1.48. The van der Waals surface area contributed by atoms with Crippen LogP contribution in [0.15, 0.2) is 54.6 Å². The standard InChI is InChI=1S/C21H23ClN4/c1-4-26(14-17-8-6-5-7-9-17)21-23-16(3)12-20(25-21)24-18-11-10-15(2)19(22)13-18/h5-13H,4,14H2,1-3H3,(H,23,24,25). The Morgan fingerprint density at radius 1 is 1.00 bits per heavy atom. The molecule has 1 heterocycles. The Balaban J connectivity index is 1.84. The molecular weight excluding hydrogens is 344 g/mol. The largest absolute Gasteiger partial charge is 0.340 e. The molecule has 0 atom stereocenters. The normalized spacial score (nSPS) is 10.6. The molecule has 26 heavy (non-hydrogen) atoms. The van der Waals surface area contributed by atoms with E-state index in [0.717, 1.165) is 46.8 Å². The minimum atomic E-state index is 0.720. The summed E-state index contributed by atoms with van der Waals surface area (Å²) in [6.45, 7) is 7.68. The average Bonchev–Trinajstić information content (AvgIpc) is 2.63. The molecule has 5 heteroatoms. The Bertz CT molecular complexity index is 880. The summed E-state index contributed by atoms with van der Waals surface area (Å²) >= 11 is 6.22. The number of hydrogen-bond acceptors (Lipinski definition) is 4. The van der Waals surface area contributed by atoms with E-state index in [2.05, 4.69) is 34.3 Å².